The first kappa shape index (κ1) is 30.0. The molecule has 13 nitrogen and oxygen atoms in total. The Balaban J connectivity index is 1.83. The Labute approximate surface area is 213 Å². The number of H-pyrrole nitrogens is 1. The average Bonchev–Trinajstić information content (AvgIpc) is 3.22. The van der Waals surface area contributed by atoms with Gasteiger partial charge in [-0.05, 0) is 24.7 Å². The van der Waals surface area contributed by atoms with Gasteiger partial charge in [0.05, 0.1) is 18.3 Å². The lowest BCUT2D eigenvalue weighted by Crippen LogP contribution is -2.33. The highest BCUT2D eigenvalue weighted by Gasteiger charge is 2.38. The van der Waals surface area contributed by atoms with Crippen LogP contribution in [0.2, 0.25) is 0 Å². The van der Waals surface area contributed by atoms with Crippen LogP contribution < -0.4 is 21.9 Å². The van der Waals surface area contributed by atoms with Crippen LogP contribution in [0.15, 0.2) is 21.9 Å². The maximum absolute atomic E-state index is 12.3. The SMILES string of the molecule is O=C(/C=C/c1cn([C@H]2CC(O[PH](=O)O)[C@@H](CO)O2)c(=O)[nH]c1=O)NCCCCCCNC(=O)CCS. The highest BCUT2D eigenvalue weighted by atomic mass is 32.1. The number of nitrogens with one attached hydrogen (secondary N) is 3. The molecule has 0 spiro atoms. The zero-order chi connectivity index (χ0) is 26.5. The van der Waals surface area contributed by atoms with Crippen LogP contribution in [0, 0.1) is 0 Å². The third-order valence-electron chi connectivity index (χ3n) is 5.40. The summed E-state index contributed by atoms with van der Waals surface area (Å²) in [4.78, 5) is 59.0. The Bertz CT molecular complexity index is 1040. The Morgan fingerprint density at radius 3 is 2.58 bits per heavy atom. The monoisotopic (exact) mass is 548 g/mol. The summed E-state index contributed by atoms with van der Waals surface area (Å²) in [5.74, 6) is 0.0941. The number of aromatic nitrogens is 2. The van der Waals surface area contributed by atoms with E-state index < -0.39 is 50.5 Å². The zero-order valence-corrected chi connectivity index (χ0v) is 21.6. The number of amides is 2. The van der Waals surface area contributed by atoms with E-state index in [0.717, 1.165) is 30.3 Å². The molecule has 36 heavy (non-hydrogen) atoms. The molecular formula is C21H33N4O9PS. The molecule has 1 aromatic heterocycles. The van der Waals surface area contributed by atoms with Crippen molar-refractivity contribution in [1.82, 2.24) is 20.2 Å². The lowest BCUT2D eigenvalue weighted by molar-refractivity contribution is -0.120. The first-order valence-electron chi connectivity index (χ1n) is 11.6. The van der Waals surface area contributed by atoms with Crippen LogP contribution in [0.3, 0.4) is 0 Å². The lowest BCUT2D eigenvalue weighted by atomic mass is 10.2. The Morgan fingerprint density at radius 1 is 1.25 bits per heavy atom. The second kappa shape index (κ2) is 15.8. The summed E-state index contributed by atoms with van der Waals surface area (Å²) in [6, 6.07) is 0. The zero-order valence-electron chi connectivity index (χ0n) is 19.7. The Hall–Kier alpha value is -2.22. The normalized spacial score (nSPS) is 20.5. The van der Waals surface area contributed by atoms with Crippen molar-refractivity contribution in [3.8, 4) is 0 Å². The summed E-state index contributed by atoms with van der Waals surface area (Å²) in [6.07, 6.45) is 4.66. The van der Waals surface area contributed by atoms with Gasteiger partial charge < -0.3 is 29.9 Å². The summed E-state index contributed by atoms with van der Waals surface area (Å²) < 4.78 is 22.5. The predicted molar refractivity (Wildman–Crippen MR) is 135 cm³/mol. The van der Waals surface area contributed by atoms with Gasteiger partial charge in [0.2, 0.25) is 11.8 Å². The van der Waals surface area contributed by atoms with Gasteiger partial charge in [0.15, 0.2) is 0 Å². The molecule has 2 unspecified atom stereocenters. The molecule has 4 atom stereocenters. The quantitative estimate of drug-likeness (QED) is 0.0740. The molecule has 202 valence electrons. The Morgan fingerprint density at radius 2 is 1.94 bits per heavy atom. The number of aliphatic hydroxyl groups excluding tert-OH is 1. The van der Waals surface area contributed by atoms with E-state index in [0.29, 0.717) is 25.3 Å². The molecule has 1 aliphatic heterocycles. The minimum absolute atomic E-state index is 0.000184. The van der Waals surface area contributed by atoms with Gasteiger partial charge in [-0.1, -0.05) is 12.8 Å². The highest BCUT2D eigenvalue weighted by Crippen LogP contribution is 2.34. The number of thiol groups is 1. The largest absolute Gasteiger partial charge is 0.394 e. The van der Waals surface area contributed by atoms with Crippen molar-refractivity contribution in [2.75, 3.05) is 25.4 Å². The molecule has 2 heterocycles. The standard InChI is InChI=1S/C21H33N4O9PS/c26-13-16-15(34-35(31)32)11-19(33-16)25-12-14(20(29)24-21(25)30)5-6-17(27)22-8-3-1-2-4-9-23-18(28)7-10-36/h5-6,12,15-16,19,26,35-36H,1-4,7-11,13H2,(H,22,27)(H,23,28)(H,31,32)(H,24,29,30)/b6-5+/t15?,16-,19-/m1/s1. The van der Waals surface area contributed by atoms with E-state index in [9.17, 15) is 28.8 Å². The number of ether oxygens (including phenoxy) is 1. The number of unbranched alkanes of at least 4 members (excludes halogenated alkanes) is 3. The number of carbonyl (C=O) groups is 2. The van der Waals surface area contributed by atoms with Gasteiger partial charge >= 0.3 is 13.9 Å². The minimum atomic E-state index is -3.29. The maximum Gasteiger partial charge on any atom is 0.330 e. The summed E-state index contributed by atoms with van der Waals surface area (Å²) >= 11 is 4.00. The smallest absolute Gasteiger partial charge is 0.330 e. The van der Waals surface area contributed by atoms with Gasteiger partial charge in [-0.25, -0.2) is 4.79 Å². The van der Waals surface area contributed by atoms with Crippen molar-refractivity contribution in [2.24, 2.45) is 0 Å². The molecule has 2 amide bonds. The van der Waals surface area contributed by atoms with E-state index in [-0.39, 0.29) is 17.9 Å². The van der Waals surface area contributed by atoms with Gasteiger partial charge in [0, 0.05) is 38.2 Å². The van der Waals surface area contributed by atoms with E-state index in [1.165, 1.54) is 18.3 Å². The van der Waals surface area contributed by atoms with Gasteiger partial charge in [-0.15, -0.1) is 0 Å². The molecule has 0 saturated carbocycles. The van der Waals surface area contributed by atoms with Gasteiger partial charge in [0.25, 0.3) is 5.56 Å². The molecule has 0 radical (unpaired) electrons. The van der Waals surface area contributed by atoms with Crippen LogP contribution in [-0.4, -0.2) is 69.0 Å². The number of aliphatic hydroxyl groups is 1. The van der Waals surface area contributed by atoms with Crippen LogP contribution in [0.5, 0.6) is 0 Å². The Kier molecular flexibility index (Phi) is 13.2. The van der Waals surface area contributed by atoms with Gasteiger partial charge in [-0.2, -0.15) is 12.6 Å². The fraction of sp³-hybridized carbons (Fsp3) is 0.619. The number of rotatable bonds is 15. The van der Waals surface area contributed by atoms with Crippen LogP contribution >= 0.6 is 20.9 Å². The second-order valence-electron chi connectivity index (χ2n) is 8.08. The molecule has 5 N–H and O–H groups in total. The van der Waals surface area contributed by atoms with Gasteiger partial charge in [0.1, 0.15) is 12.3 Å². The number of hydrogen-bond donors (Lipinski definition) is 6. The molecule has 1 aliphatic rings. The van der Waals surface area contributed by atoms with E-state index >= 15 is 0 Å². The van der Waals surface area contributed by atoms with E-state index in [4.69, 9.17) is 14.2 Å². The fourth-order valence-electron chi connectivity index (χ4n) is 3.58. The molecule has 15 heteroatoms. The van der Waals surface area contributed by atoms with Crippen LogP contribution in [0.25, 0.3) is 6.08 Å². The first-order valence-corrected chi connectivity index (χ1v) is 13.5. The molecule has 0 bridgehead atoms. The molecule has 1 fully saturated rings. The molecule has 0 aliphatic carbocycles. The van der Waals surface area contributed by atoms with E-state index in [2.05, 4.69) is 28.2 Å². The van der Waals surface area contributed by atoms with Crippen molar-refractivity contribution < 1.29 is 33.4 Å². The van der Waals surface area contributed by atoms with Crippen molar-refractivity contribution in [3.05, 3.63) is 38.7 Å². The second-order valence-corrected chi connectivity index (χ2v) is 9.30. The van der Waals surface area contributed by atoms with Gasteiger partial charge in [-0.3, -0.25) is 28.5 Å². The summed E-state index contributed by atoms with van der Waals surface area (Å²) in [7, 11) is -3.29. The van der Waals surface area contributed by atoms with Crippen molar-refractivity contribution in [1.29, 1.82) is 0 Å². The van der Waals surface area contributed by atoms with Crippen molar-refractivity contribution in [3.63, 3.8) is 0 Å². The summed E-state index contributed by atoms with van der Waals surface area (Å²) in [5.41, 5.74) is -1.46. The minimum Gasteiger partial charge on any atom is -0.394 e. The third-order valence-corrected chi connectivity index (χ3v) is 6.12. The fourth-order valence-corrected chi connectivity index (χ4v) is 4.29. The molecule has 1 aromatic rings. The van der Waals surface area contributed by atoms with Crippen LogP contribution in [-0.2, 0) is 23.4 Å². The molecular weight excluding hydrogens is 515 g/mol. The van der Waals surface area contributed by atoms with Crippen LogP contribution in [0.1, 0.15) is 50.3 Å². The number of carbonyl (C=O) groups excluding carboxylic acids is 2. The molecule has 2 rings (SSSR count). The van der Waals surface area contributed by atoms with Crippen LogP contribution in [0.4, 0.5) is 0 Å². The maximum atomic E-state index is 12.3. The lowest BCUT2D eigenvalue weighted by Gasteiger charge is -2.15. The topological polar surface area (TPSA) is 189 Å². The third kappa shape index (κ3) is 10.0. The van der Waals surface area contributed by atoms with E-state index in [1.54, 1.807) is 0 Å². The summed E-state index contributed by atoms with van der Waals surface area (Å²) in [6.45, 7) is 0.563. The summed E-state index contributed by atoms with van der Waals surface area (Å²) in [5, 5.41) is 14.9. The van der Waals surface area contributed by atoms with Crippen molar-refractivity contribution >= 4 is 38.8 Å². The number of aromatic amines is 1. The highest BCUT2D eigenvalue weighted by molar-refractivity contribution is 7.80. The van der Waals surface area contributed by atoms with Crippen molar-refractivity contribution in [2.45, 2.75) is 57.0 Å². The number of hydrogen-bond acceptors (Lipinski definition) is 9. The molecule has 0 aromatic carbocycles. The predicted octanol–water partition coefficient (Wildman–Crippen LogP) is -0.290. The first-order chi connectivity index (χ1) is 17.2. The average molecular weight is 549 g/mol. The number of nitrogens with zero attached hydrogens (tertiary/aromatic N) is 1. The molecule has 1 saturated heterocycles. The van der Waals surface area contributed by atoms with E-state index in [1.807, 2.05) is 0 Å².